The Kier molecular flexibility index (Phi) is 3.14. The van der Waals surface area contributed by atoms with Crippen LogP contribution in [-0.2, 0) is 6.54 Å². The van der Waals surface area contributed by atoms with Gasteiger partial charge >= 0.3 is 0 Å². The van der Waals surface area contributed by atoms with Gasteiger partial charge in [0.1, 0.15) is 5.01 Å². The summed E-state index contributed by atoms with van der Waals surface area (Å²) < 4.78 is 0.916. The van der Waals surface area contributed by atoms with Gasteiger partial charge in [-0.05, 0) is 18.2 Å². The Labute approximate surface area is 117 Å². The van der Waals surface area contributed by atoms with Gasteiger partial charge < -0.3 is 11.1 Å². The number of nitrogens with zero attached hydrogens (tertiary/aromatic N) is 2. The number of nitrogen functional groups attached to an aromatic ring is 1. The van der Waals surface area contributed by atoms with E-state index in [-0.39, 0.29) is 5.91 Å². The van der Waals surface area contributed by atoms with Crippen molar-refractivity contribution in [3.05, 3.63) is 40.3 Å². The summed E-state index contributed by atoms with van der Waals surface area (Å²) in [5.74, 6) is -0.121. The molecule has 3 N–H and O–H groups in total. The smallest absolute Gasteiger partial charge is 0.251 e. The highest BCUT2D eigenvalue weighted by Crippen LogP contribution is 2.24. The number of benzene rings is 1. The van der Waals surface area contributed by atoms with Gasteiger partial charge in [-0.3, -0.25) is 4.79 Å². The molecule has 5 nitrogen and oxygen atoms in total. The van der Waals surface area contributed by atoms with E-state index in [4.69, 9.17) is 5.73 Å². The molecule has 19 heavy (non-hydrogen) atoms. The molecule has 1 amide bonds. The summed E-state index contributed by atoms with van der Waals surface area (Å²) in [4.78, 5) is 20.3. The fourth-order valence-corrected chi connectivity index (χ4v) is 3.01. The standard InChI is InChI=1S/C12H10N4OS2/c13-12-16-8-2-1-7(5-9(8)19-12)11(17)15-6-10-14-3-4-18-10/h1-5H,6H2,(H2,13,16)(H,15,17). The summed E-state index contributed by atoms with van der Waals surface area (Å²) in [7, 11) is 0. The zero-order valence-corrected chi connectivity index (χ0v) is 11.4. The van der Waals surface area contributed by atoms with E-state index in [2.05, 4.69) is 15.3 Å². The topological polar surface area (TPSA) is 80.9 Å². The largest absolute Gasteiger partial charge is 0.375 e. The number of thiazole rings is 2. The lowest BCUT2D eigenvalue weighted by Crippen LogP contribution is -2.22. The Balaban J connectivity index is 1.77. The van der Waals surface area contributed by atoms with E-state index in [1.54, 1.807) is 24.4 Å². The SMILES string of the molecule is Nc1nc2ccc(C(=O)NCc3nccs3)cc2s1. The number of carbonyl (C=O) groups is 1. The van der Waals surface area contributed by atoms with Crippen LogP contribution in [0.4, 0.5) is 5.13 Å². The molecular formula is C12H10N4OS2. The maximum atomic E-state index is 12.0. The van der Waals surface area contributed by atoms with Crippen LogP contribution in [0, 0.1) is 0 Å². The minimum absolute atomic E-state index is 0.121. The molecule has 1 aromatic carbocycles. The molecule has 0 atom stereocenters. The molecule has 0 aliphatic heterocycles. The first kappa shape index (κ1) is 12.1. The predicted octanol–water partition coefficient (Wildman–Crippen LogP) is 2.27. The minimum atomic E-state index is -0.121. The number of rotatable bonds is 3. The summed E-state index contributed by atoms with van der Waals surface area (Å²) in [6, 6.07) is 5.36. The van der Waals surface area contributed by atoms with Crippen molar-refractivity contribution in [3.8, 4) is 0 Å². The number of carbonyl (C=O) groups excluding carboxylic acids is 1. The van der Waals surface area contributed by atoms with Crippen molar-refractivity contribution >= 4 is 43.9 Å². The normalized spacial score (nSPS) is 10.7. The van der Waals surface area contributed by atoms with Gasteiger partial charge in [-0.15, -0.1) is 11.3 Å². The summed E-state index contributed by atoms with van der Waals surface area (Å²) in [5.41, 5.74) is 7.06. The van der Waals surface area contributed by atoms with Crippen molar-refractivity contribution in [3.63, 3.8) is 0 Å². The van der Waals surface area contributed by atoms with E-state index < -0.39 is 0 Å². The molecule has 0 aliphatic rings. The second-order valence-electron chi connectivity index (χ2n) is 3.84. The van der Waals surface area contributed by atoms with E-state index in [9.17, 15) is 4.79 Å². The Morgan fingerprint density at radius 1 is 1.42 bits per heavy atom. The Hall–Kier alpha value is -1.99. The maximum absolute atomic E-state index is 12.0. The summed E-state index contributed by atoms with van der Waals surface area (Å²) >= 11 is 2.89. The van der Waals surface area contributed by atoms with E-state index in [1.165, 1.54) is 22.7 Å². The van der Waals surface area contributed by atoms with E-state index in [1.807, 2.05) is 5.38 Å². The molecule has 2 heterocycles. The summed E-state index contributed by atoms with van der Waals surface area (Å²) in [6.07, 6.45) is 1.72. The lowest BCUT2D eigenvalue weighted by molar-refractivity contribution is 0.0951. The van der Waals surface area contributed by atoms with Crippen LogP contribution in [0.25, 0.3) is 10.2 Å². The van der Waals surface area contributed by atoms with Gasteiger partial charge in [-0.2, -0.15) is 0 Å². The second-order valence-corrected chi connectivity index (χ2v) is 5.88. The monoisotopic (exact) mass is 290 g/mol. The molecular weight excluding hydrogens is 280 g/mol. The minimum Gasteiger partial charge on any atom is -0.375 e. The number of anilines is 1. The molecule has 3 rings (SSSR count). The van der Waals surface area contributed by atoms with Gasteiger partial charge in [0.05, 0.1) is 16.8 Å². The van der Waals surface area contributed by atoms with Crippen molar-refractivity contribution in [2.75, 3.05) is 5.73 Å². The van der Waals surface area contributed by atoms with E-state index in [0.717, 1.165) is 15.2 Å². The van der Waals surface area contributed by atoms with Crippen LogP contribution in [0.15, 0.2) is 29.8 Å². The molecule has 96 valence electrons. The Morgan fingerprint density at radius 3 is 3.11 bits per heavy atom. The number of nitrogens with two attached hydrogens (primary N) is 1. The highest BCUT2D eigenvalue weighted by molar-refractivity contribution is 7.22. The summed E-state index contributed by atoms with van der Waals surface area (Å²) in [5, 5.41) is 6.11. The van der Waals surface area contributed by atoms with Crippen LogP contribution >= 0.6 is 22.7 Å². The highest BCUT2D eigenvalue weighted by atomic mass is 32.1. The number of amides is 1. The van der Waals surface area contributed by atoms with Gasteiger partial charge in [-0.25, -0.2) is 9.97 Å². The van der Waals surface area contributed by atoms with Crippen LogP contribution in [-0.4, -0.2) is 15.9 Å². The molecule has 0 radical (unpaired) electrons. The lowest BCUT2D eigenvalue weighted by atomic mass is 10.2. The van der Waals surface area contributed by atoms with Crippen molar-refractivity contribution in [1.82, 2.24) is 15.3 Å². The van der Waals surface area contributed by atoms with Gasteiger partial charge in [0, 0.05) is 17.1 Å². The third-order valence-electron chi connectivity index (χ3n) is 2.55. The number of nitrogens with one attached hydrogen (secondary N) is 1. The Morgan fingerprint density at radius 2 is 2.32 bits per heavy atom. The maximum Gasteiger partial charge on any atom is 0.251 e. The molecule has 7 heteroatoms. The van der Waals surface area contributed by atoms with Crippen LogP contribution in [0.2, 0.25) is 0 Å². The average Bonchev–Trinajstić information content (AvgIpc) is 3.02. The van der Waals surface area contributed by atoms with E-state index in [0.29, 0.717) is 17.2 Å². The number of hydrogen-bond acceptors (Lipinski definition) is 6. The number of hydrogen-bond donors (Lipinski definition) is 2. The first-order valence-corrected chi connectivity index (χ1v) is 7.24. The van der Waals surface area contributed by atoms with Crippen LogP contribution in [0.1, 0.15) is 15.4 Å². The lowest BCUT2D eigenvalue weighted by Gasteiger charge is -2.02. The average molecular weight is 290 g/mol. The van der Waals surface area contributed by atoms with Gasteiger partial charge in [0.15, 0.2) is 5.13 Å². The Bertz CT molecular complexity index is 720. The molecule has 0 unspecified atom stereocenters. The van der Waals surface area contributed by atoms with Gasteiger partial charge in [0.25, 0.3) is 5.91 Å². The van der Waals surface area contributed by atoms with Crippen LogP contribution in [0.5, 0.6) is 0 Å². The predicted molar refractivity (Wildman–Crippen MR) is 77.3 cm³/mol. The number of fused-ring (bicyclic) bond motifs is 1. The molecule has 2 aromatic heterocycles. The van der Waals surface area contributed by atoms with Crippen LogP contribution < -0.4 is 11.1 Å². The van der Waals surface area contributed by atoms with Crippen molar-refractivity contribution in [1.29, 1.82) is 0 Å². The first-order chi connectivity index (χ1) is 9.22. The molecule has 0 fully saturated rings. The van der Waals surface area contributed by atoms with Gasteiger partial charge in [-0.1, -0.05) is 11.3 Å². The first-order valence-electron chi connectivity index (χ1n) is 5.55. The molecule has 0 aliphatic carbocycles. The van der Waals surface area contributed by atoms with Gasteiger partial charge in [0.2, 0.25) is 0 Å². The molecule has 0 saturated heterocycles. The van der Waals surface area contributed by atoms with Crippen LogP contribution in [0.3, 0.4) is 0 Å². The quantitative estimate of drug-likeness (QED) is 0.775. The van der Waals surface area contributed by atoms with Crippen molar-refractivity contribution in [2.45, 2.75) is 6.54 Å². The highest BCUT2D eigenvalue weighted by Gasteiger charge is 2.09. The van der Waals surface area contributed by atoms with Crippen molar-refractivity contribution < 1.29 is 4.79 Å². The number of aromatic nitrogens is 2. The third kappa shape index (κ3) is 2.56. The molecule has 0 saturated carbocycles. The second kappa shape index (κ2) is 4.94. The molecule has 0 spiro atoms. The summed E-state index contributed by atoms with van der Waals surface area (Å²) in [6.45, 7) is 0.444. The zero-order chi connectivity index (χ0) is 13.2. The molecule has 3 aromatic rings. The third-order valence-corrected chi connectivity index (χ3v) is 4.18. The fraction of sp³-hybridized carbons (Fsp3) is 0.0833. The zero-order valence-electron chi connectivity index (χ0n) is 9.79. The van der Waals surface area contributed by atoms with E-state index >= 15 is 0 Å². The molecule has 0 bridgehead atoms. The fourth-order valence-electron chi connectivity index (χ4n) is 1.68. The van der Waals surface area contributed by atoms with Crippen molar-refractivity contribution in [2.24, 2.45) is 0 Å².